The number of hydrogen-bond acceptors (Lipinski definition) is 7. The van der Waals surface area contributed by atoms with Crippen molar-refractivity contribution in [1.29, 1.82) is 0 Å². The van der Waals surface area contributed by atoms with E-state index in [1.54, 1.807) is 0 Å². The first-order valence-electron chi connectivity index (χ1n) is 10.1. The molecule has 9 heteroatoms. The van der Waals surface area contributed by atoms with Gasteiger partial charge in [-0.3, -0.25) is 9.69 Å². The molecule has 2 aliphatic rings. The lowest BCUT2D eigenvalue weighted by Crippen LogP contribution is -2.44. The van der Waals surface area contributed by atoms with Crippen LogP contribution in [0, 0.1) is 5.92 Å². The van der Waals surface area contributed by atoms with E-state index >= 15 is 0 Å². The second kappa shape index (κ2) is 11.3. The number of ether oxygens (including phenoxy) is 1. The van der Waals surface area contributed by atoms with E-state index in [9.17, 15) is 18.3 Å². The first-order chi connectivity index (χ1) is 12.9. The minimum absolute atomic E-state index is 0.401. The van der Waals surface area contributed by atoms with Crippen LogP contribution in [0.3, 0.4) is 0 Å². The summed E-state index contributed by atoms with van der Waals surface area (Å²) in [5.74, 6) is -1.13. The summed E-state index contributed by atoms with van der Waals surface area (Å²) in [6.45, 7) is 4.07. The Hall–Kier alpha value is -0.740. The van der Waals surface area contributed by atoms with Crippen molar-refractivity contribution in [2.24, 2.45) is 11.7 Å². The van der Waals surface area contributed by atoms with Crippen molar-refractivity contribution < 1.29 is 23.1 Å². The summed E-state index contributed by atoms with van der Waals surface area (Å²) in [6.07, 6.45) is 5.30. The second-order valence-corrected chi connectivity index (χ2v) is 9.94. The van der Waals surface area contributed by atoms with Crippen molar-refractivity contribution in [3.63, 3.8) is 0 Å². The highest BCUT2D eigenvalue weighted by Gasteiger charge is 2.27. The highest BCUT2D eigenvalue weighted by molar-refractivity contribution is 7.92. The molecule has 2 fully saturated rings. The smallest absolute Gasteiger partial charge is 0.235 e. The monoisotopic (exact) mass is 405 g/mol. The van der Waals surface area contributed by atoms with Gasteiger partial charge in [-0.25, -0.2) is 8.42 Å². The van der Waals surface area contributed by atoms with Gasteiger partial charge in [-0.15, -0.1) is 0 Å². The van der Waals surface area contributed by atoms with Gasteiger partial charge in [-0.1, -0.05) is 32.1 Å². The fraction of sp³-hybridized carbons (Fsp3) is 0.944. The van der Waals surface area contributed by atoms with Gasteiger partial charge < -0.3 is 20.9 Å². The maximum Gasteiger partial charge on any atom is 0.235 e. The number of carbonyl (C=O) groups excluding carboxylic acids is 1. The Balaban J connectivity index is 1.66. The Morgan fingerprint density at radius 3 is 2.56 bits per heavy atom. The Morgan fingerprint density at radius 1 is 1.22 bits per heavy atom. The van der Waals surface area contributed by atoms with Crippen LogP contribution in [-0.2, 0) is 19.4 Å². The van der Waals surface area contributed by atoms with Crippen molar-refractivity contribution >= 4 is 15.7 Å². The van der Waals surface area contributed by atoms with Crippen LogP contribution in [-0.4, -0.2) is 87.4 Å². The Kier molecular flexibility index (Phi) is 9.44. The minimum Gasteiger partial charge on any atom is -0.390 e. The van der Waals surface area contributed by atoms with E-state index in [1.807, 2.05) is 0 Å². The van der Waals surface area contributed by atoms with Gasteiger partial charge in [-0.05, 0) is 12.3 Å². The molecule has 1 saturated heterocycles. The van der Waals surface area contributed by atoms with Crippen LogP contribution in [0.4, 0.5) is 0 Å². The lowest BCUT2D eigenvalue weighted by molar-refractivity contribution is -0.118. The molecule has 2 rings (SSSR count). The van der Waals surface area contributed by atoms with Crippen molar-refractivity contribution in [2.75, 3.05) is 50.9 Å². The number of nitrogens with zero attached hydrogens (tertiary/aromatic N) is 1. The summed E-state index contributed by atoms with van der Waals surface area (Å²) >= 11 is 0. The SMILES string of the molecule is NC(CC1CCCCC1)[C@@H](O)CS(=O)(=O)CC(=O)NCCN1CCOCC1. The molecular formula is C18H35N3O5S. The second-order valence-electron chi connectivity index (χ2n) is 7.83. The summed E-state index contributed by atoms with van der Waals surface area (Å²) in [5, 5.41) is 12.8. The summed E-state index contributed by atoms with van der Waals surface area (Å²) < 4.78 is 29.7. The molecule has 0 bridgehead atoms. The molecule has 4 N–H and O–H groups in total. The zero-order chi connectivity index (χ0) is 19.7. The number of sulfone groups is 1. The van der Waals surface area contributed by atoms with E-state index in [-0.39, 0.29) is 0 Å². The molecule has 1 saturated carbocycles. The normalized spacial score (nSPS) is 22.3. The number of nitrogens with two attached hydrogens (primary N) is 1. The molecule has 0 radical (unpaired) electrons. The van der Waals surface area contributed by atoms with Crippen LogP contribution in [0.2, 0.25) is 0 Å². The molecule has 1 heterocycles. The molecule has 27 heavy (non-hydrogen) atoms. The zero-order valence-corrected chi connectivity index (χ0v) is 17.0. The summed E-state index contributed by atoms with van der Waals surface area (Å²) in [6, 6.07) is -0.563. The molecule has 158 valence electrons. The molecule has 0 aromatic carbocycles. The third-order valence-electron chi connectivity index (χ3n) is 5.45. The van der Waals surface area contributed by atoms with E-state index in [4.69, 9.17) is 10.5 Å². The van der Waals surface area contributed by atoms with Crippen LogP contribution in [0.1, 0.15) is 38.5 Å². The lowest BCUT2D eigenvalue weighted by Gasteiger charge is -2.27. The number of aliphatic hydroxyl groups is 1. The molecule has 2 atom stereocenters. The molecular weight excluding hydrogens is 370 g/mol. The number of aliphatic hydroxyl groups excluding tert-OH is 1. The molecule has 1 unspecified atom stereocenters. The van der Waals surface area contributed by atoms with E-state index in [2.05, 4.69) is 10.2 Å². The first-order valence-corrected chi connectivity index (χ1v) is 11.9. The highest BCUT2D eigenvalue weighted by Crippen LogP contribution is 2.27. The zero-order valence-electron chi connectivity index (χ0n) is 16.1. The molecule has 0 aromatic heterocycles. The number of carbonyl (C=O) groups is 1. The average Bonchev–Trinajstić information content (AvgIpc) is 2.62. The van der Waals surface area contributed by atoms with E-state index < -0.39 is 39.4 Å². The maximum atomic E-state index is 12.2. The Morgan fingerprint density at radius 2 is 1.89 bits per heavy atom. The van der Waals surface area contributed by atoms with E-state index in [1.165, 1.54) is 19.3 Å². The summed E-state index contributed by atoms with van der Waals surface area (Å²) in [5.41, 5.74) is 6.02. The number of hydrogen-bond donors (Lipinski definition) is 3. The first kappa shape index (κ1) is 22.5. The van der Waals surface area contributed by atoms with Gasteiger partial charge in [0.2, 0.25) is 5.91 Å². The van der Waals surface area contributed by atoms with Crippen LogP contribution >= 0.6 is 0 Å². The Labute approximate surface area is 162 Å². The average molecular weight is 406 g/mol. The van der Waals surface area contributed by atoms with Gasteiger partial charge in [0.15, 0.2) is 9.84 Å². The quantitative estimate of drug-likeness (QED) is 0.448. The Bertz CT molecular complexity index is 545. The standard InChI is InChI=1S/C18H35N3O5S/c19-16(12-15-4-2-1-3-5-15)17(22)13-27(24,25)14-18(23)20-6-7-21-8-10-26-11-9-21/h15-17,22H,1-14,19H2,(H,20,23)/t16?,17-/m0/s1. The predicted molar refractivity (Wildman–Crippen MR) is 104 cm³/mol. The van der Waals surface area contributed by atoms with Crippen molar-refractivity contribution in [3.8, 4) is 0 Å². The van der Waals surface area contributed by atoms with Crippen LogP contribution < -0.4 is 11.1 Å². The molecule has 0 spiro atoms. The minimum atomic E-state index is -3.70. The maximum absolute atomic E-state index is 12.2. The molecule has 1 amide bonds. The largest absolute Gasteiger partial charge is 0.390 e. The van der Waals surface area contributed by atoms with Gasteiger partial charge in [0, 0.05) is 32.2 Å². The van der Waals surface area contributed by atoms with Crippen LogP contribution in [0.25, 0.3) is 0 Å². The predicted octanol–water partition coefficient (Wildman–Crippen LogP) is -0.492. The topological polar surface area (TPSA) is 122 Å². The van der Waals surface area contributed by atoms with Crippen molar-refractivity contribution in [1.82, 2.24) is 10.2 Å². The highest BCUT2D eigenvalue weighted by atomic mass is 32.2. The van der Waals surface area contributed by atoms with Crippen molar-refractivity contribution in [2.45, 2.75) is 50.7 Å². The van der Waals surface area contributed by atoms with Crippen LogP contribution in [0.15, 0.2) is 0 Å². The van der Waals surface area contributed by atoms with E-state index in [0.29, 0.717) is 38.6 Å². The van der Waals surface area contributed by atoms with Crippen molar-refractivity contribution in [3.05, 3.63) is 0 Å². The third-order valence-corrected chi connectivity index (χ3v) is 7.01. The van der Waals surface area contributed by atoms with E-state index in [0.717, 1.165) is 25.9 Å². The fourth-order valence-corrected chi connectivity index (χ4v) is 5.22. The molecule has 8 nitrogen and oxygen atoms in total. The fourth-order valence-electron chi connectivity index (χ4n) is 3.84. The summed E-state index contributed by atoms with van der Waals surface area (Å²) in [4.78, 5) is 14.1. The van der Waals surface area contributed by atoms with Gasteiger partial charge in [0.25, 0.3) is 0 Å². The third kappa shape index (κ3) is 8.87. The van der Waals surface area contributed by atoms with Gasteiger partial charge in [-0.2, -0.15) is 0 Å². The molecule has 1 aliphatic heterocycles. The van der Waals surface area contributed by atoms with Gasteiger partial charge in [0.05, 0.1) is 25.1 Å². The summed E-state index contributed by atoms with van der Waals surface area (Å²) in [7, 11) is -3.70. The number of amides is 1. The van der Waals surface area contributed by atoms with Crippen LogP contribution in [0.5, 0.6) is 0 Å². The molecule has 1 aliphatic carbocycles. The number of rotatable bonds is 10. The lowest BCUT2D eigenvalue weighted by atomic mass is 9.84. The number of morpholine rings is 1. The van der Waals surface area contributed by atoms with Gasteiger partial charge in [0.1, 0.15) is 5.75 Å². The molecule has 0 aromatic rings. The van der Waals surface area contributed by atoms with Gasteiger partial charge >= 0.3 is 0 Å². The number of nitrogens with one attached hydrogen (secondary N) is 1.